The summed E-state index contributed by atoms with van der Waals surface area (Å²) in [5.41, 5.74) is 0.116. The van der Waals surface area contributed by atoms with Crippen LogP contribution in [0, 0.1) is 5.92 Å². The van der Waals surface area contributed by atoms with Crippen LogP contribution in [0.4, 0.5) is 0 Å². The van der Waals surface area contributed by atoms with Crippen molar-refractivity contribution in [1.29, 1.82) is 0 Å². The summed E-state index contributed by atoms with van der Waals surface area (Å²) in [7, 11) is 0. The van der Waals surface area contributed by atoms with Gasteiger partial charge in [-0.25, -0.2) is 9.59 Å². The minimum Gasteiger partial charge on any atom is -0.458 e. The molecule has 1 aliphatic carbocycles. The summed E-state index contributed by atoms with van der Waals surface area (Å²) < 4.78 is 16.8. The van der Waals surface area contributed by atoms with Crippen LogP contribution < -0.4 is 0 Å². The normalized spacial score (nSPS) is 40.0. The first kappa shape index (κ1) is 20.7. The van der Waals surface area contributed by atoms with Crippen molar-refractivity contribution in [2.75, 3.05) is 13.2 Å². The Kier molecular flexibility index (Phi) is 5.77. The van der Waals surface area contributed by atoms with Crippen molar-refractivity contribution in [2.24, 2.45) is 5.92 Å². The van der Waals surface area contributed by atoms with Crippen molar-refractivity contribution in [2.45, 2.75) is 56.7 Å². The monoisotopic (exact) mass is 394 g/mol. The Morgan fingerprint density at radius 3 is 2.82 bits per heavy atom. The van der Waals surface area contributed by atoms with Gasteiger partial charge >= 0.3 is 11.9 Å². The van der Waals surface area contributed by atoms with Crippen LogP contribution >= 0.6 is 0 Å². The zero-order chi connectivity index (χ0) is 20.6. The van der Waals surface area contributed by atoms with E-state index < -0.39 is 55.0 Å². The van der Waals surface area contributed by atoms with Crippen molar-refractivity contribution in [3.63, 3.8) is 0 Å². The molecule has 2 saturated heterocycles. The topological polar surface area (TPSA) is 126 Å². The predicted molar refractivity (Wildman–Crippen MR) is 96.9 cm³/mol. The fourth-order valence-corrected chi connectivity index (χ4v) is 3.88. The lowest BCUT2D eigenvalue weighted by Gasteiger charge is -2.29. The average Bonchev–Trinajstić information content (AvgIpc) is 3.16. The van der Waals surface area contributed by atoms with E-state index in [0.717, 1.165) is 0 Å². The van der Waals surface area contributed by atoms with E-state index in [1.54, 1.807) is 13.0 Å². The molecule has 0 saturated carbocycles. The molecule has 3 rings (SSSR count). The fourth-order valence-electron chi connectivity index (χ4n) is 3.88. The van der Waals surface area contributed by atoms with Crippen molar-refractivity contribution >= 4 is 11.9 Å². The molecular formula is C20H26O8. The molecule has 0 amide bonds. The van der Waals surface area contributed by atoms with E-state index in [1.165, 1.54) is 6.08 Å². The second-order valence-corrected chi connectivity index (χ2v) is 7.72. The molecule has 0 unspecified atom stereocenters. The first-order valence-electron chi connectivity index (χ1n) is 9.26. The van der Waals surface area contributed by atoms with Crippen LogP contribution in [0.5, 0.6) is 0 Å². The summed E-state index contributed by atoms with van der Waals surface area (Å²) in [4.78, 5) is 24.6. The molecule has 0 spiro atoms. The number of rotatable bonds is 4. The van der Waals surface area contributed by atoms with Crippen molar-refractivity contribution in [3.8, 4) is 0 Å². The molecule has 0 bridgehead atoms. The van der Waals surface area contributed by atoms with Gasteiger partial charge in [0.05, 0.1) is 42.5 Å². The second-order valence-electron chi connectivity index (χ2n) is 7.72. The number of aliphatic hydroxyl groups excluding tert-OH is 3. The molecule has 0 aromatic carbocycles. The van der Waals surface area contributed by atoms with E-state index in [0.29, 0.717) is 12.0 Å². The summed E-state index contributed by atoms with van der Waals surface area (Å²) in [5.74, 6) is -2.01. The van der Waals surface area contributed by atoms with E-state index in [1.807, 2.05) is 6.92 Å². The Labute approximate surface area is 163 Å². The third-order valence-corrected chi connectivity index (χ3v) is 5.72. The molecule has 2 aliphatic heterocycles. The Balaban J connectivity index is 1.95. The van der Waals surface area contributed by atoms with E-state index in [9.17, 15) is 19.8 Å². The minimum absolute atomic E-state index is 0.0763. The lowest BCUT2D eigenvalue weighted by molar-refractivity contribution is -0.149. The maximum Gasteiger partial charge on any atom is 0.336 e. The molecule has 2 fully saturated rings. The lowest BCUT2D eigenvalue weighted by Crippen LogP contribution is -2.38. The smallest absolute Gasteiger partial charge is 0.336 e. The number of ether oxygens (including phenoxy) is 3. The second kappa shape index (κ2) is 7.79. The standard InChI is InChI=1S/C20H26O8/c1-10-6-14-17(11(2)18(24)26-14)15(27-19(25)12(9-22)4-5-21)8-20(3)16(28-20)7-13(10)23/h4,6,13-17,21-23H,2,5,7-9H2,1,3H3/b10-6-,12-4+/t13-,14-,15+,16+,17-,20+/m0/s1. The van der Waals surface area contributed by atoms with Gasteiger partial charge in [0.1, 0.15) is 12.2 Å². The minimum atomic E-state index is -0.792. The molecule has 154 valence electrons. The molecule has 6 atom stereocenters. The number of hydrogen-bond donors (Lipinski definition) is 3. The van der Waals surface area contributed by atoms with Gasteiger partial charge in [0, 0.05) is 18.4 Å². The first-order chi connectivity index (χ1) is 13.2. The maximum atomic E-state index is 12.5. The van der Waals surface area contributed by atoms with E-state index >= 15 is 0 Å². The highest BCUT2D eigenvalue weighted by Gasteiger charge is 2.57. The zero-order valence-electron chi connectivity index (χ0n) is 16.0. The molecule has 2 heterocycles. The van der Waals surface area contributed by atoms with Crippen LogP contribution in [0.1, 0.15) is 26.7 Å². The summed E-state index contributed by atoms with van der Waals surface area (Å²) in [6.45, 7) is 6.41. The predicted octanol–water partition coefficient (Wildman–Crippen LogP) is 0.165. The molecule has 0 aromatic rings. The van der Waals surface area contributed by atoms with E-state index in [-0.39, 0.29) is 23.7 Å². The Hall–Kier alpha value is -2.00. The van der Waals surface area contributed by atoms with E-state index in [2.05, 4.69) is 6.58 Å². The molecule has 8 nitrogen and oxygen atoms in total. The Morgan fingerprint density at radius 2 is 2.18 bits per heavy atom. The summed E-state index contributed by atoms with van der Waals surface area (Å²) in [5, 5.41) is 28.8. The molecule has 3 aliphatic rings. The van der Waals surface area contributed by atoms with Crippen LogP contribution in [-0.4, -0.2) is 70.5 Å². The molecule has 0 aromatic heterocycles. The van der Waals surface area contributed by atoms with Gasteiger partial charge in [0.25, 0.3) is 0 Å². The first-order valence-corrected chi connectivity index (χ1v) is 9.26. The van der Waals surface area contributed by atoms with Crippen LogP contribution in [0.2, 0.25) is 0 Å². The largest absolute Gasteiger partial charge is 0.458 e. The van der Waals surface area contributed by atoms with Crippen molar-refractivity contribution in [1.82, 2.24) is 0 Å². The maximum absolute atomic E-state index is 12.5. The number of hydrogen-bond acceptors (Lipinski definition) is 8. The molecule has 3 N–H and O–H groups in total. The van der Waals surface area contributed by atoms with E-state index in [4.69, 9.17) is 19.3 Å². The molecule has 28 heavy (non-hydrogen) atoms. The molecular weight excluding hydrogens is 368 g/mol. The van der Waals surface area contributed by atoms with Crippen molar-refractivity contribution < 1.29 is 39.1 Å². The van der Waals surface area contributed by atoms with Crippen LogP contribution in [0.25, 0.3) is 0 Å². The fraction of sp³-hybridized carbons (Fsp3) is 0.600. The van der Waals surface area contributed by atoms with Gasteiger partial charge in [-0.1, -0.05) is 6.58 Å². The average molecular weight is 394 g/mol. The molecule has 0 radical (unpaired) electrons. The van der Waals surface area contributed by atoms with Gasteiger partial charge in [0.15, 0.2) is 0 Å². The molecule has 8 heteroatoms. The number of aliphatic hydroxyl groups is 3. The van der Waals surface area contributed by atoms with Gasteiger partial charge in [-0.15, -0.1) is 0 Å². The summed E-state index contributed by atoms with van der Waals surface area (Å²) in [6, 6.07) is 0. The highest BCUT2D eigenvalue weighted by molar-refractivity contribution is 5.92. The Bertz CT molecular complexity index is 738. The highest BCUT2D eigenvalue weighted by Crippen LogP contribution is 2.47. The quantitative estimate of drug-likeness (QED) is 0.267. The summed E-state index contributed by atoms with van der Waals surface area (Å²) >= 11 is 0. The number of carbonyl (C=O) groups excluding carboxylic acids is 2. The summed E-state index contributed by atoms with van der Waals surface area (Å²) in [6.07, 6.45) is 1.03. The number of carbonyl (C=O) groups is 2. The van der Waals surface area contributed by atoms with Crippen LogP contribution in [0.3, 0.4) is 0 Å². The van der Waals surface area contributed by atoms with Crippen LogP contribution in [0.15, 0.2) is 35.5 Å². The Morgan fingerprint density at radius 1 is 1.46 bits per heavy atom. The van der Waals surface area contributed by atoms with Gasteiger partial charge in [-0.05, 0) is 31.6 Å². The zero-order valence-corrected chi connectivity index (χ0v) is 16.0. The third-order valence-electron chi connectivity index (χ3n) is 5.72. The lowest BCUT2D eigenvalue weighted by atomic mass is 9.82. The highest BCUT2D eigenvalue weighted by atomic mass is 16.6. The van der Waals surface area contributed by atoms with Gasteiger partial charge in [-0.3, -0.25) is 0 Å². The van der Waals surface area contributed by atoms with Gasteiger partial charge in [-0.2, -0.15) is 0 Å². The SMILES string of the molecule is C=C1C(=O)O[C@H]2/C=C(/C)[C@@H](O)C[C@H]3O[C@]3(C)C[C@@H](OC(=O)/C(=C/CO)CO)[C@@H]12. The van der Waals surface area contributed by atoms with Gasteiger partial charge in [0.2, 0.25) is 0 Å². The number of esters is 2. The van der Waals surface area contributed by atoms with Gasteiger partial charge < -0.3 is 29.5 Å². The van der Waals surface area contributed by atoms with Crippen LogP contribution in [-0.2, 0) is 23.8 Å². The van der Waals surface area contributed by atoms with Crippen molar-refractivity contribution in [3.05, 3.63) is 35.5 Å². The number of epoxide rings is 1. The third kappa shape index (κ3) is 3.91. The number of fused-ring (bicyclic) bond motifs is 2.